The lowest BCUT2D eigenvalue weighted by Gasteiger charge is -2.30. The van der Waals surface area contributed by atoms with Gasteiger partial charge in [0.1, 0.15) is 11.5 Å². The molecule has 1 unspecified atom stereocenters. The maximum atomic E-state index is 10.1. The maximum Gasteiger partial charge on any atom is 0.123 e. The zero-order valence-electron chi connectivity index (χ0n) is 12.9. The van der Waals surface area contributed by atoms with Gasteiger partial charge < -0.3 is 14.7 Å². The standard InChI is InChI=1S/C18H22NO2P/c1-21-14-9-10-16(20)18(13-14)22-17-8-4-3-7-15(17)19-11-5-2-6-12-19/h3-4,7-10,13,20,22H,2,5-6,11-12H2,1H3. The van der Waals surface area contributed by atoms with Crippen LogP contribution in [0.25, 0.3) is 0 Å². The number of ether oxygens (including phenoxy) is 1. The summed E-state index contributed by atoms with van der Waals surface area (Å²) in [7, 11) is 2.08. The van der Waals surface area contributed by atoms with Crippen molar-refractivity contribution in [2.45, 2.75) is 19.3 Å². The Bertz CT molecular complexity index is 639. The summed E-state index contributed by atoms with van der Waals surface area (Å²) in [6.45, 7) is 2.26. The van der Waals surface area contributed by atoms with Crippen LogP contribution in [0.3, 0.4) is 0 Å². The minimum atomic E-state index is 0.340. The molecule has 3 nitrogen and oxygen atoms in total. The van der Waals surface area contributed by atoms with Gasteiger partial charge in [-0.05, 0) is 43.5 Å². The van der Waals surface area contributed by atoms with Crippen molar-refractivity contribution in [3.63, 3.8) is 0 Å². The third kappa shape index (κ3) is 3.36. The molecular weight excluding hydrogens is 293 g/mol. The molecule has 0 spiro atoms. The molecule has 3 rings (SSSR count). The van der Waals surface area contributed by atoms with E-state index < -0.39 is 0 Å². The zero-order valence-corrected chi connectivity index (χ0v) is 13.9. The van der Waals surface area contributed by atoms with Gasteiger partial charge in [0.2, 0.25) is 0 Å². The second kappa shape index (κ2) is 7.02. The van der Waals surface area contributed by atoms with Crippen LogP contribution in [-0.2, 0) is 0 Å². The number of phenols is 1. The van der Waals surface area contributed by atoms with Crippen molar-refractivity contribution in [1.29, 1.82) is 0 Å². The first-order valence-electron chi connectivity index (χ1n) is 7.76. The number of para-hydroxylation sites is 1. The Morgan fingerprint density at radius 1 is 1.00 bits per heavy atom. The van der Waals surface area contributed by atoms with Crippen molar-refractivity contribution in [3.05, 3.63) is 42.5 Å². The summed E-state index contributed by atoms with van der Waals surface area (Å²) in [6, 6.07) is 14.0. The van der Waals surface area contributed by atoms with E-state index in [-0.39, 0.29) is 0 Å². The van der Waals surface area contributed by atoms with Gasteiger partial charge >= 0.3 is 0 Å². The van der Waals surface area contributed by atoms with E-state index in [9.17, 15) is 5.11 Å². The second-order valence-corrected chi connectivity index (χ2v) is 6.90. The van der Waals surface area contributed by atoms with Crippen LogP contribution in [0.5, 0.6) is 11.5 Å². The fourth-order valence-electron chi connectivity index (χ4n) is 2.88. The number of hydrogen-bond donors (Lipinski definition) is 1. The first-order valence-corrected chi connectivity index (χ1v) is 8.76. The number of aromatic hydroxyl groups is 1. The third-order valence-corrected chi connectivity index (χ3v) is 5.44. The second-order valence-electron chi connectivity index (χ2n) is 5.57. The van der Waals surface area contributed by atoms with Crippen LogP contribution in [0.1, 0.15) is 19.3 Å². The lowest BCUT2D eigenvalue weighted by atomic mass is 10.1. The van der Waals surface area contributed by atoms with Crippen LogP contribution in [-0.4, -0.2) is 25.3 Å². The predicted molar refractivity (Wildman–Crippen MR) is 94.7 cm³/mol. The number of methoxy groups -OCH3 is 1. The Hall–Kier alpha value is -1.73. The predicted octanol–water partition coefficient (Wildman–Crippen LogP) is 3.02. The fourth-order valence-corrected chi connectivity index (χ4v) is 4.14. The molecule has 1 atom stereocenters. The average molecular weight is 315 g/mol. The fraction of sp³-hybridized carbons (Fsp3) is 0.333. The van der Waals surface area contributed by atoms with E-state index in [0.717, 1.165) is 24.1 Å². The Labute approximate surface area is 133 Å². The molecule has 1 heterocycles. The van der Waals surface area contributed by atoms with Crippen LogP contribution in [0.15, 0.2) is 42.5 Å². The van der Waals surface area contributed by atoms with Gasteiger partial charge in [0.05, 0.1) is 7.11 Å². The molecule has 1 aliphatic heterocycles. The first-order chi connectivity index (χ1) is 10.8. The molecule has 0 aromatic heterocycles. The Kier molecular flexibility index (Phi) is 4.84. The van der Waals surface area contributed by atoms with Crippen molar-refractivity contribution < 1.29 is 9.84 Å². The number of piperidine rings is 1. The largest absolute Gasteiger partial charge is 0.507 e. The molecule has 0 radical (unpaired) electrons. The highest BCUT2D eigenvalue weighted by Crippen LogP contribution is 2.27. The van der Waals surface area contributed by atoms with Gasteiger partial charge in [-0.15, -0.1) is 0 Å². The van der Waals surface area contributed by atoms with Crippen molar-refractivity contribution in [2.24, 2.45) is 0 Å². The van der Waals surface area contributed by atoms with Crippen LogP contribution in [0.4, 0.5) is 5.69 Å². The van der Waals surface area contributed by atoms with Gasteiger partial charge in [-0.1, -0.05) is 26.8 Å². The lowest BCUT2D eigenvalue weighted by molar-refractivity contribution is 0.413. The van der Waals surface area contributed by atoms with E-state index in [0.29, 0.717) is 14.3 Å². The number of rotatable bonds is 4. The molecule has 0 saturated carbocycles. The van der Waals surface area contributed by atoms with Crippen molar-refractivity contribution in [3.8, 4) is 11.5 Å². The summed E-state index contributed by atoms with van der Waals surface area (Å²) >= 11 is 0. The van der Waals surface area contributed by atoms with E-state index in [1.165, 1.54) is 30.3 Å². The van der Waals surface area contributed by atoms with Crippen LogP contribution < -0.4 is 20.2 Å². The third-order valence-electron chi connectivity index (χ3n) is 4.07. The highest BCUT2D eigenvalue weighted by atomic mass is 31.1. The SMILES string of the molecule is COc1ccc(O)c(Pc2ccccc2N2CCCCC2)c1. The van der Waals surface area contributed by atoms with Gasteiger partial charge in [0.15, 0.2) is 0 Å². The number of nitrogens with zero attached hydrogens (tertiary/aromatic N) is 1. The zero-order chi connectivity index (χ0) is 15.4. The van der Waals surface area contributed by atoms with Crippen LogP contribution in [0, 0.1) is 0 Å². The summed E-state index contributed by atoms with van der Waals surface area (Å²) in [5.41, 5.74) is 1.31. The molecule has 116 valence electrons. The monoisotopic (exact) mass is 315 g/mol. The highest BCUT2D eigenvalue weighted by molar-refractivity contribution is 7.56. The molecule has 1 N–H and O–H groups in total. The summed E-state index contributed by atoms with van der Waals surface area (Å²) in [5, 5.41) is 12.4. The van der Waals surface area contributed by atoms with Crippen LogP contribution in [0.2, 0.25) is 0 Å². The number of hydrogen-bond acceptors (Lipinski definition) is 3. The van der Waals surface area contributed by atoms with Crippen molar-refractivity contribution in [2.75, 3.05) is 25.1 Å². The molecule has 0 amide bonds. The van der Waals surface area contributed by atoms with E-state index in [2.05, 4.69) is 29.2 Å². The Morgan fingerprint density at radius 3 is 2.55 bits per heavy atom. The van der Waals surface area contributed by atoms with Gasteiger partial charge in [-0.2, -0.15) is 0 Å². The summed E-state index contributed by atoms with van der Waals surface area (Å²) in [4.78, 5) is 2.48. The molecule has 22 heavy (non-hydrogen) atoms. The number of anilines is 1. The van der Waals surface area contributed by atoms with Gasteiger partial charge in [-0.3, -0.25) is 0 Å². The molecule has 2 aromatic carbocycles. The maximum absolute atomic E-state index is 10.1. The summed E-state index contributed by atoms with van der Waals surface area (Å²) in [6.07, 6.45) is 3.86. The quantitative estimate of drug-likeness (QED) is 0.880. The van der Waals surface area contributed by atoms with Gasteiger partial charge in [-0.25, -0.2) is 0 Å². The molecule has 1 saturated heterocycles. The smallest absolute Gasteiger partial charge is 0.123 e. The lowest BCUT2D eigenvalue weighted by Crippen LogP contribution is -2.32. The number of benzene rings is 2. The van der Waals surface area contributed by atoms with E-state index in [1.807, 2.05) is 6.07 Å². The van der Waals surface area contributed by atoms with Crippen molar-refractivity contribution in [1.82, 2.24) is 0 Å². The highest BCUT2D eigenvalue weighted by Gasteiger charge is 2.15. The topological polar surface area (TPSA) is 32.7 Å². The molecular formula is C18H22NO2P. The summed E-state index contributed by atoms with van der Waals surface area (Å²) < 4.78 is 5.28. The molecule has 1 aliphatic rings. The van der Waals surface area contributed by atoms with E-state index in [1.54, 1.807) is 19.2 Å². The van der Waals surface area contributed by atoms with Crippen molar-refractivity contribution >= 4 is 24.9 Å². The first kappa shape index (κ1) is 15.2. The van der Waals surface area contributed by atoms with Gasteiger partial charge in [0.25, 0.3) is 0 Å². The minimum absolute atomic E-state index is 0.340. The summed E-state index contributed by atoms with van der Waals surface area (Å²) in [5.74, 6) is 1.13. The Balaban J connectivity index is 1.89. The molecule has 1 fully saturated rings. The average Bonchev–Trinajstić information content (AvgIpc) is 2.58. The molecule has 0 bridgehead atoms. The number of phenolic OH excluding ortho intramolecular Hbond substituents is 1. The van der Waals surface area contributed by atoms with Gasteiger partial charge in [0, 0.05) is 29.4 Å². The molecule has 0 aliphatic carbocycles. The van der Waals surface area contributed by atoms with Crippen LogP contribution >= 0.6 is 8.58 Å². The Morgan fingerprint density at radius 2 is 1.77 bits per heavy atom. The van der Waals surface area contributed by atoms with E-state index >= 15 is 0 Å². The van der Waals surface area contributed by atoms with E-state index in [4.69, 9.17) is 4.74 Å². The molecule has 4 heteroatoms. The minimum Gasteiger partial charge on any atom is -0.507 e. The normalized spacial score (nSPS) is 15.4. The molecule has 2 aromatic rings.